The summed E-state index contributed by atoms with van der Waals surface area (Å²) in [6.07, 6.45) is 0. The normalized spacial score (nSPS) is 11.3. The van der Waals surface area contributed by atoms with Gasteiger partial charge in [-0.15, -0.1) is 0 Å². The molecule has 0 aliphatic heterocycles. The quantitative estimate of drug-likeness (QED) is 0.374. The Bertz CT molecular complexity index is 985. The Morgan fingerprint density at radius 1 is 0.345 bits per heavy atom. The van der Waals surface area contributed by atoms with Crippen LogP contribution in [0, 0.1) is 0 Å². The van der Waals surface area contributed by atoms with Gasteiger partial charge in [0.05, 0.1) is 0 Å². The zero-order valence-corrected chi connectivity index (χ0v) is 18.0. The van der Waals surface area contributed by atoms with Crippen LogP contribution in [0.4, 0.5) is 0 Å². The molecule has 5 heteroatoms. The van der Waals surface area contributed by atoms with Gasteiger partial charge in [-0.05, 0) is 0 Å². The van der Waals surface area contributed by atoms with E-state index in [0.29, 0.717) is 13.1 Å². The molecule has 0 radical (unpaired) electrons. The zero-order chi connectivity index (χ0) is 20.4. The van der Waals surface area contributed by atoms with Crippen LogP contribution >= 0.6 is 0 Å². The second-order valence-electron chi connectivity index (χ2n) is 6.82. The minimum absolute atomic E-state index is 0.0676. The number of phenols is 4. The fourth-order valence-electron chi connectivity index (χ4n) is 4.03. The van der Waals surface area contributed by atoms with Crippen LogP contribution in [0.25, 0.3) is 0 Å². The number of phenolic OH excluding ortho intramolecular Hbond substituents is 4. The Hall–Kier alpha value is -3.04. The molecule has 0 aliphatic carbocycles. The van der Waals surface area contributed by atoms with Gasteiger partial charge in [-0.3, -0.25) is 0 Å². The van der Waals surface area contributed by atoms with Crippen LogP contribution in [0.1, 0.15) is 0 Å². The number of hydrogen-bond acceptors (Lipinski definition) is 4. The number of rotatable bonds is 4. The molecule has 0 fully saturated rings. The zero-order valence-electron chi connectivity index (χ0n) is 15.5. The van der Waals surface area contributed by atoms with Crippen LogP contribution in [-0.4, -0.2) is 20.4 Å². The Balaban J connectivity index is 2.28. The molecule has 4 N–H and O–H groups in total. The van der Waals surface area contributed by atoms with E-state index >= 15 is 0 Å². The molecule has 144 valence electrons. The van der Waals surface area contributed by atoms with Crippen LogP contribution in [-0.2, 0) is 20.3 Å². The summed E-state index contributed by atoms with van der Waals surface area (Å²) in [5, 5.41) is 43.6. The summed E-state index contributed by atoms with van der Waals surface area (Å²) in [6, 6.07) is 27.9. The van der Waals surface area contributed by atoms with Crippen molar-refractivity contribution in [2.45, 2.75) is 0 Å². The Morgan fingerprint density at radius 3 is 0.759 bits per heavy atom. The molecule has 0 unspecified atom stereocenters. The van der Waals surface area contributed by atoms with Crippen molar-refractivity contribution < 1.29 is 40.7 Å². The summed E-state index contributed by atoms with van der Waals surface area (Å²) in [5.74, 6) is 0.271. The number of benzene rings is 4. The van der Waals surface area contributed by atoms with Crippen LogP contribution in [0.5, 0.6) is 23.0 Å². The van der Waals surface area contributed by atoms with Gasteiger partial charge >= 0.3 is 174 Å². The first kappa shape index (κ1) is 19.3. The van der Waals surface area contributed by atoms with E-state index in [1.165, 1.54) is 0 Å². The molecule has 4 nitrogen and oxygen atoms in total. The van der Waals surface area contributed by atoms with E-state index in [9.17, 15) is 20.4 Å². The van der Waals surface area contributed by atoms with Gasteiger partial charge in [0.1, 0.15) is 0 Å². The van der Waals surface area contributed by atoms with Crippen molar-refractivity contribution >= 4 is 13.1 Å². The molecule has 0 spiro atoms. The predicted molar refractivity (Wildman–Crippen MR) is 111 cm³/mol. The molecule has 0 saturated carbocycles. The van der Waals surface area contributed by atoms with Crippen molar-refractivity contribution in [1.29, 1.82) is 0 Å². The molecule has 0 atom stereocenters. The molecular formula is C24H20O4Zr. The van der Waals surface area contributed by atoms with Gasteiger partial charge < -0.3 is 0 Å². The fourth-order valence-corrected chi connectivity index (χ4v) is 16.3. The standard InChI is InChI=1S/4C6H5O.Zr/c4*7-6-4-2-1-3-5-6;/h4*1-4,7H;. The van der Waals surface area contributed by atoms with Crippen molar-refractivity contribution in [3.63, 3.8) is 0 Å². The van der Waals surface area contributed by atoms with Gasteiger partial charge in [-0.25, -0.2) is 0 Å². The molecule has 4 rings (SSSR count). The van der Waals surface area contributed by atoms with Crippen LogP contribution in [0.2, 0.25) is 0 Å². The summed E-state index contributed by atoms with van der Waals surface area (Å²) in [7, 11) is 0. The first-order valence-electron chi connectivity index (χ1n) is 9.20. The first-order valence-corrected chi connectivity index (χ1v) is 14.1. The van der Waals surface area contributed by atoms with E-state index in [1.807, 2.05) is 48.5 Å². The fraction of sp³-hybridized carbons (Fsp3) is 0. The number of aromatic hydroxyl groups is 4. The van der Waals surface area contributed by atoms with Crippen molar-refractivity contribution in [1.82, 2.24) is 0 Å². The second-order valence-corrected chi connectivity index (χ2v) is 15.8. The van der Waals surface area contributed by atoms with E-state index < -0.39 is 20.3 Å². The molecule has 4 aromatic carbocycles. The molecule has 0 aliphatic rings. The van der Waals surface area contributed by atoms with E-state index in [-0.39, 0.29) is 23.0 Å². The van der Waals surface area contributed by atoms with E-state index in [4.69, 9.17) is 0 Å². The van der Waals surface area contributed by atoms with Crippen LogP contribution in [0.3, 0.4) is 0 Å². The van der Waals surface area contributed by atoms with Gasteiger partial charge in [0.15, 0.2) is 0 Å². The molecule has 0 saturated heterocycles. The Morgan fingerprint density at radius 2 is 0.552 bits per heavy atom. The van der Waals surface area contributed by atoms with Gasteiger partial charge in [-0.2, -0.15) is 0 Å². The van der Waals surface area contributed by atoms with Crippen molar-refractivity contribution in [2.75, 3.05) is 0 Å². The SMILES string of the molecule is Oc1cccc[c]1[Zr]([c]1ccccc1O)([c]1ccccc1O)[c]1ccccc1O. The van der Waals surface area contributed by atoms with Gasteiger partial charge in [-0.1, -0.05) is 0 Å². The summed E-state index contributed by atoms with van der Waals surface area (Å²) < 4.78 is 2.52. The average molecular weight is 464 g/mol. The van der Waals surface area contributed by atoms with Gasteiger partial charge in [0.2, 0.25) is 0 Å². The van der Waals surface area contributed by atoms with Crippen molar-refractivity contribution in [2.24, 2.45) is 0 Å². The molecule has 0 heterocycles. The summed E-state index contributed by atoms with van der Waals surface area (Å²) >= 11 is -4.56. The third-order valence-corrected chi connectivity index (χ3v) is 17.3. The molecule has 4 aromatic rings. The Labute approximate surface area is 173 Å². The minimum atomic E-state index is -4.56. The third kappa shape index (κ3) is 3.12. The van der Waals surface area contributed by atoms with Crippen molar-refractivity contribution in [3.05, 3.63) is 97.1 Å². The molecule has 0 bridgehead atoms. The average Bonchev–Trinajstić information content (AvgIpc) is 2.73. The maximum atomic E-state index is 10.9. The summed E-state index contributed by atoms with van der Waals surface area (Å²) in [4.78, 5) is 0. The third-order valence-electron chi connectivity index (χ3n) is 5.23. The monoisotopic (exact) mass is 462 g/mol. The van der Waals surface area contributed by atoms with E-state index in [1.54, 1.807) is 48.5 Å². The maximum absolute atomic E-state index is 10.9. The number of hydrogen-bond donors (Lipinski definition) is 4. The van der Waals surface area contributed by atoms with Crippen LogP contribution in [0.15, 0.2) is 97.1 Å². The van der Waals surface area contributed by atoms with E-state index in [2.05, 4.69) is 0 Å². The Kier molecular flexibility index (Phi) is 5.16. The topological polar surface area (TPSA) is 80.9 Å². The first-order chi connectivity index (χ1) is 14.1. The van der Waals surface area contributed by atoms with E-state index in [0.717, 1.165) is 0 Å². The van der Waals surface area contributed by atoms with Crippen LogP contribution < -0.4 is 13.1 Å². The molecule has 0 amide bonds. The van der Waals surface area contributed by atoms with Crippen molar-refractivity contribution in [3.8, 4) is 23.0 Å². The number of para-hydroxylation sites is 4. The second kappa shape index (κ2) is 7.77. The van der Waals surface area contributed by atoms with Gasteiger partial charge in [0, 0.05) is 0 Å². The van der Waals surface area contributed by atoms with Gasteiger partial charge in [0.25, 0.3) is 0 Å². The molecular weight excluding hydrogens is 443 g/mol. The predicted octanol–water partition coefficient (Wildman–Crippen LogP) is 2.26. The molecule has 29 heavy (non-hydrogen) atoms. The molecule has 0 aromatic heterocycles. The summed E-state index contributed by atoms with van der Waals surface area (Å²) in [5.41, 5.74) is 0. The summed E-state index contributed by atoms with van der Waals surface area (Å²) in [6.45, 7) is 0.